The van der Waals surface area contributed by atoms with E-state index in [1.54, 1.807) is 0 Å². The molecule has 0 aliphatic carbocycles. The van der Waals surface area contributed by atoms with Gasteiger partial charge in [0.05, 0.1) is 17.0 Å². The van der Waals surface area contributed by atoms with Gasteiger partial charge in [-0.15, -0.1) is 6.42 Å². The molecule has 6 heteroatoms. The summed E-state index contributed by atoms with van der Waals surface area (Å²) >= 11 is 0. The Bertz CT molecular complexity index is 601. The van der Waals surface area contributed by atoms with E-state index in [1.165, 1.54) is 24.3 Å². The van der Waals surface area contributed by atoms with Gasteiger partial charge in [0.2, 0.25) is 10.0 Å². The summed E-state index contributed by atoms with van der Waals surface area (Å²) in [5.41, 5.74) is -0.249. The van der Waals surface area contributed by atoms with E-state index < -0.39 is 16.0 Å². The van der Waals surface area contributed by atoms with E-state index in [-0.39, 0.29) is 23.5 Å². The van der Waals surface area contributed by atoms with Gasteiger partial charge in [-0.05, 0) is 18.6 Å². The Hall–Kier alpha value is -1.84. The van der Waals surface area contributed by atoms with Crippen molar-refractivity contribution in [1.29, 1.82) is 0 Å². The molecule has 5 nitrogen and oxygen atoms in total. The highest BCUT2D eigenvalue weighted by Crippen LogP contribution is 2.20. The van der Waals surface area contributed by atoms with Crippen molar-refractivity contribution in [3.63, 3.8) is 0 Å². The Morgan fingerprint density at radius 1 is 1.42 bits per heavy atom. The maximum absolute atomic E-state index is 12.4. The lowest BCUT2D eigenvalue weighted by molar-refractivity contribution is 0.0692. The van der Waals surface area contributed by atoms with Crippen LogP contribution in [-0.4, -0.2) is 36.9 Å². The fourth-order valence-electron chi connectivity index (χ4n) is 1.64. The van der Waals surface area contributed by atoms with E-state index in [2.05, 4.69) is 5.92 Å². The second-order valence-electron chi connectivity index (χ2n) is 3.84. The molecular weight excluding hydrogens is 266 g/mol. The minimum absolute atomic E-state index is 0.0792. The fraction of sp³-hybridized carbons (Fsp3) is 0.308. The lowest BCUT2D eigenvalue weighted by Gasteiger charge is -2.20. The standard InChI is InChI=1S/C13H15NO4S/c1-3-9-14(10-4-2)19(17,18)12-8-6-5-7-11(12)13(15)16/h1,5-8H,4,9-10H2,2H3,(H,15,16). The normalized spacial score (nSPS) is 11.2. The molecule has 1 N–H and O–H groups in total. The van der Waals surface area contributed by atoms with Crippen molar-refractivity contribution < 1.29 is 18.3 Å². The molecule has 19 heavy (non-hydrogen) atoms. The number of carboxylic acid groups (broad SMARTS) is 1. The van der Waals surface area contributed by atoms with Crippen molar-refractivity contribution in [2.45, 2.75) is 18.2 Å². The van der Waals surface area contributed by atoms with Crippen LogP contribution in [0, 0.1) is 12.3 Å². The molecule has 0 saturated heterocycles. The van der Waals surface area contributed by atoms with Gasteiger partial charge >= 0.3 is 5.97 Å². The van der Waals surface area contributed by atoms with Gasteiger partial charge in [0, 0.05) is 6.54 Å². The molecule has 0 heterocycles. The first-order chi connectivity index (χ1) is 8.95. The molecule has 0 fully saturated rings. The van der Waals surface area contributed by atoms with Crippen molar-refractivity contribution in [2.24, 2.45) is 0 Å². The minimum atomic E-state index is -3.89. The molecule has 1 aromatic carbocycles. The van der Waals surface area contributed by atoms with Crippen LogP contribution in [0.4, 0.5) is 0 Å². The van der Waals surface area contributed by atoms with Crippen LogP contribution >= 0.6 is 0 Å². The Labute approximate surface area is 112 Å². The van der Waals surface area contributed by atoms with E-state index in [0.29, 0.717) is 6.42 Å². The van der Waals surface area contributed by atoms with Crippen molar-refractivity contribution in [3.8, 4) is 12.3 Å². The summed E-state index contributed by atoms with van der Waals surface area (Å²) in [6.07, 6.45) is 5.75. The number of carboxylic acids is 1. The molecule has 0 atom stereocenters. The molecule has 0 bridgehead atoms. The molecule has 0 aromatic heterocycles. The number of terminal acetylenes is 1. The first-order valence-electron chi connectivity index (χ1n) is 5.71. The first-order valence-corrected chi connectivity index (χ1v) is 7.15. The highest BCUT2D eigenvalue weighted by atomic mass is 32.2. The maximum atomic E-state index is 12.4. The molecule has 0 saturated carbocycles. The summed E-state index contributed by atoms with van der Waals surface area (Å²) in [6.45, 7) is 1.99. The smallest absolute Gasteiger partial charge is 0.337 e. The summed E-state index contributed by atoms with van der Waals surface area (Å²) < 4.78 is 25.9. The van der Waals surface area contributed by atoms with Crippen molar-refractivity contribution in [3.05, 3.63) is 29.8 Å². The molecular formula is C13H15NO4S. The highest BCUT2D eigenvalue weighted by Gasteiger charge is 2.27. The molecule has 0 spiro atoms. The van der Waals surface area contributed by atoms with Gasteiger partial charge in [-0.3, -0.25) is 0 Å². The first kappa shape index (κ1) is 15.2. The maximum Gasteiger partial charge on any atom is 0.337 e. The third-order valence-corrected chi connectivity index (χ3v) is 4.38. The zero-order chi connectivity index (χ0) is 14.5. The van der Waals surface area contributed by atoms with Gasteiger partial charge in [-0.25, -0.2) is 13.2 Å². The Morgan fingerprint density at radius 3 is 2.58 bits per heavy atom. The third kappa shape index (κ3) is 3.34. The van der Waals surface area contributed by atoms with Crippen molar-refractivity contribution in [2.75, 3.05) is 13.1 Å². The zero-order valence-electron chi connectivity index (χ0n) is 10.5. The van der Waals surface area contributed by atoms with E-state index in [0.717, 1.165) is 4.31 Å². The highest BCUT2D eigenvalue weighted by molar-refractivity contribution is 7.89. The van der Waals surface area contributed by atoms with Crippen LogP contribution in [0.5, 0.6) is 0 Å². The molecule has 0 amide bonds. The molecule has 0 unspecified atom stereocenters. The van der Waals surface area contributed by atoms with Crippen molar-refractivity contribution in [1.82, 2.24) is 4.31 Å². The van der Waals surface area contributed by atoms with Gasteiger partial charge in [-0.1, -0.05) is 25.0 Å². The van der Waals surface area contributed by atoms with Crippen LogP contribution < -0.4 is 0 Å². The second kappa shape index (κ2) is 6.36. The number of hydrogen-bond donors (Lipinski definition) is 1. The average Bonchev–Trinajstić information content (AvgIpc) is 2.38. The van der Waals surface area contributed by atoms with Crippen molar-refractivity contribution >= 4 is 16.0 Å². The van der Waals surface area contributed by atoms with Gasteiger partial charge in [0.25, 0.3) is 0 Å². The molecule has 0 radical (unpaired) electrons. The predicted molar refractivity (Wildman–Crippen MR) is 71.3 cm³/mol. The molecule has 1 aromatic rings. The van der Waals surface area contributed by atoms with E-state index in [4.69, 9.17) is 11.5 Å². The summed E-state index contributed by atoms with van der Waals surface area (Å²) in [6, 6.07) is 5.50. The Morgan fingerprint density at radius 2 is 2.05 bits per heavy atom. The van der Waals surface area contributed by atoms with E-state index in [9.17, 15) is 13.2 Å². The molecule has 0 aliphatic heterocycles. The predicted octanol–water partition coefficient (Wildman–Crippen LogP) is 1.42. The summed E-state index contributed by atoms with van der Waals surface area (Å²) in [7, 11) is -3.89. The topological polar surface area (TPSA) is 74.7 Å². The average molecular weight is 281 g/mol. The van der Waals surface area contributed by atoms with Crippen LogP contribution in [-0.2, 0) is 10.0 Å². The van der Waals surface area contributed by atoms with E-state index >= 15 is 0 Å². The number of rotatable bonds is 6. The molecule has 1 rings (SSSR count). The van der Waals surface area contributed by atoms with Gasteiger partial charge in [-0.2, -0.15) is 4.31 Å². The van der Waals surface area contributed by atoms with Gasteiger partial charge < -0.3 is 5.11 Å². The number of carbonyl (C=O) groups is 1. The summed E-state index contributed by atoms with van der Waals surface area (Å²) in [5.74, 6) is 0.995. The lowest BCUT2D eigenvalue weighted by atomic mass is 10.2. The summed E-state index contributed by atoms with van der Waals surface area (Å²) in [5, 5.41) is 9.05. The Kier molecular flexibility index (Phi) is 5.10. The Balaban J connectivity index is 3.34. The van der Waals surface area contributed by atoms with Crippen LogP contribution in [0.1, 0.15) is 23.7 Å². The second-order valence-corrected chi connectivity index (χ2v) is 5.75. The van der Waals surface area contributed by atoms with Gasteiger partial charge in [0.15, 0.2) is 0 Å². The van der Waals surface area contributed by atoms with Crippen LogP contribution in [0.2, 0.25) is 0 Å². The molecule has 102 valence electrons. The molecule has 0 aliphatic rings. The fourth-order valence-corrected chi connectivity index (χ4v) is 3.27. The number of nitrogens with zero attached hydrogens (tertiary/aromatic N) is 1. The third-order valence-electron chi connectivity index (χ3n) is 2.48. The van der Waals surface area contributed by atoms with Crippen LogP contribution in [0.25, 0.3) is 0 Å². The largest absolute Gasteiger partial charge is 0.478 e. The lowest BCUT2D eigenvalue weighted by Crippen LogP contribution is -2.33. The van der Waals surface area contributed by atoms with E-state index in [1.807, 2.05) is 6.92 Å². The minimum Gasteiger partial charge on any atom is -0.478 e. The zero-order valence-corrected chi connectivity index (χ0v) is 11.4. The number of sulfonamides is 1. The summed E-state index contributed by atoms with van der Waals surface area (Å²) in [4.78, 5) is 10.9. The monoisotopic (exact) mass is 281 g/mol. The van der Waals surface area contributed by atoms with Gasteiger partial charge in [0.1, 0.15) is 0 Å². The number of aromatic carboxylic acids is 1. The number of benzene rings is 1. The van der Waals surface area contributed by atoms with Crippen LogP contribution in [0.15, 0.2) is 29.2 Å². The SMILES string of the molecule is C#CCN(CCC)S(=O)(=O)c1ccccc1C(=O)O. The van der Waals surface area contributed by atoms with Crippen LogP contribution in [0.3, 0.4) is 0 Å². The number of hydrogen-bond acceptors (Lipinski definition) is 3. The quantitative estimate of drug-likeness (QED) is 0.800.